The maximum Gasteiger partial charge on any atom is 0.328 e. The second-order valence-electron chi connectivity index (χ2n) is 5.65. The molecule has 126 valence electrons. The Hall–Kier alpha value is -3.21. The fraction of sp³-hybridized carbons (Fsp3) is 0.150. The SMILES string of the molecule is COC(=O)[C@H](Cc1ccc2ccccc2c1)NC(=O)c1ccccn1. The van der Waals surface area contributed by atoms with Gasteiger partial charge in [0.2, 0.25) is 0 Å². The molecule has 0 aliphatic carbocycles. The van der Waals surface area contributed by atoms with Gasteiger partial charge in [0.25, 0.3) is 5.91 Å². The first kappa shape index (κ1) is 16.6. The zero-order valence-corrected chi connectivity index (χ0v) is 13.8. The van der Waals surface area contributed by atoms with Gasteiger partial charge in [0.05, 0.1) is 7.11 Å². The minimum absolute atomic E-state index is 0.259. The molecule has 0 aliphatic rings. The van der Waals surface area contributed by atoms with Gasteiger partial charge in [-0.25, -0.2) is 4.79 Å². The normalized spacial score (nSPS) is 11.7. The summed E-state index contributed by atoms with van der Waals surface area (Å²) in [6, 6.07) is 18.2. The molecule has 3 rings (SSSR count). The minimum Gasteiger partial charge on any atom is -0.467 e. The number of esters is 1. The molecule has 0 bridgehead atoms. The van der Waals surface area contributed by atoms with Gasteiger partial charge in [0, 0.05) is 12.6 Å². The summed E-state index contributed by atoms with van der Waals surface area (Å²) in [6.45, 7) is 0. The molecule has 2 aromatic carbocycles. The first-order chi connectivity index (χ1) is 12.2. The molecule has 0 fully saturated rings. The van der Waals surface area contributed by atoms with E-state index in [-0.39, 0.29) is 5.69 Å². The number of hydrogen-bond donors (Lipinski definition) is 1. The van der Waals surface area contributed by atoms with Crippen molar-refractivity contribution in [3.8, 4) is 0 Å². The van der Waals surface area contributed by atoms with E-state index in [0.717, 1.165) is 16.3 Å². The smallest absolute Gasteiger partial charge is 0.328 e. The van der Waals surface area contributed by atoms with E-state index < -0.39 is 17.9 Å². The number of carbonyl (C=O) groups excluding carboxylic acids is 2. The van der Waals surface area contributed by atoms with Gasteiger partial charge in [-0.15, -0.1) is 0 Å². The highest BCUT2D eigenvalue weighted by atomic mass is 16.5. The standard InChI is InChI=1S/C20H18N2O3/c1-25-20(24)18(22-19(23)17-8-4-5-11-21-17)13-14-9-10-15-6-2-3-7-16(15)12-14/h2-12,18H,13H2,1H3,(H,22,23)/t18-/m0/s1. The van der Waals surface area contributed by atoms with Crippen molar-refractivity contribution in [1.29, 1.82) is 0 Å². The van der Waals surface area contributed by atoms with Gasteiger partial charge in [-0.1, -0.05) is 48.5 Å². The lowest BCUT2D eigenvalue weighted by Gasteiger charge is -2.16. The lowest BCUT2D eigenvalue weighted by molar-refractivity contribution is -0.142. The van der Waals surface area contributed by atoms with Gasteiger partial charge in [-0.05, 0) is 28.5 Å². The molecule has 0 saturated heterocycles. The van der Waals surface area contributed by atoms with Crippen LogP contribution in [0.2, 0.25) is 0 Å². The maximum atomic E-state index is 12.3. The molecular formula is C20H18N2O3. The molecule has 0 unspecified atom stereocenters. The minimum atomic E-state index is -0.777. The van der Waals surface area contributed by atoms with Crippen molar-refractivity contribution < 1.29 is 14.3 Å². The highest BCUT2D eigenvalue weighted by Gasteiger charge is 2.23. The van der Waals surface area contributed by atoms with Crippen LogP contribution in [0.1, 0.15) is 16.1 Å². The van der Waals surface area contributed by atoms with Crippen molar-refractivity contribution in [1.82, 2.24) is 10.3 Å². The average molecular weight is 334 g/mol. The molecule has 1 N–H and O–H groups in total. The number of amides is 1. The third kappa shape index (κ3) is 4.01. The molecule has 0 radical (unpaired) electrons. The fourth-order valence-corrected chi connectivity index (χ4v) is 2.67. The average Bonchev–Trinajstić information content (AvgIpc) is 2.67. The molecule has 5 nitrogen and oxygen atoms in total. The summed E-state index contributed by atoms with van der Waals surface area (Å²) in [6.07, 6.45) is 1.88. The Bertz CT molecular complexity index is 894. The second kappa shape index (κ2) is 7.57. The van der Waals surface area contributed by atoms with Crippen LogP contribution in [0.4, 0.5) is 0 Å². The maximum absolute atomic E-state index is 12.3. The molecule has 0 spiro atoms. The highest BCUT2D eigenvalue weighted by molar-refractivity contribution is 5.95. The quantitative estimate of drug-likeness (QED) is 0.729. The summed E-state index contributed by atoms with van der Waals surface area (Å²) < 4.78 is 4.83. The van der Waals surface area contributed by atoms with Crippen LogP contribution in [0, 0.1) is 0 Å². The molecule has 1 heterocycles. The summed E-state index contributed by atoms with van der Waals surface area (Å²) in [4.78, 5) is 28.4. The van der Waals surface area contributed by atoms with Crippen molar-refractivity contribution in [3.63, 3.8) is 0 Å². The highest BCUT2D eigenvalue weighted by Crippen LogP contribution is 2.17. The van der Waals surface area contributed by atoms with Crippen molar-refractivity contribution in [2.45, 2.75) is 12.5 Å². The van der Waals surface area contributed by atoms with E-state index >= 15 is 0 Å². The van der Waals surface area contributed by atoms with Gasteiger partial charge < -0.3 is 10.1 Å². The number of pyridine rings is 1. The number of carbonyl (C=O) groups is 2. The van der Waals surface area contributed by atoms with Gasteiger partial charge in [-0.3, -0.25) is 9.78 Å². The van der Waals surface area contributed by atoms with E-state index in [0.29, 0.717) is 6.42 Å². The molecular weight excluding hydrogens is 316 g/mol. The Morgan fingerprint density at radius 3 is 2.52 bits per heavy atom. The van der Waals surface area contributed by atoms with Crippen LogP contribution < -0.4 is 5.32 Å². The second-order valence-corrected chi connectivity index (χ2v) is 5.65. The van der Waals surface area contributed by atoms with Crippen LogP contribution in [0.5, 0.6) is 0 Å². The Labute approximate surface area is 145 Å². The van der Waals surface area contributed by atoms with Crippen LogP contribution in [-0.4, -0.2) is 30.0 Å². The van der Waals surface area contributed by atoms with Gasteiger partial charge in [0.1, 0.15) is 11.7 Å². The van der Waals surface area contributed by atoms with Gasteiger partial charge >= 0.3 is 5.97 Å². The fourth-order valence-electron chi connectivity index (χ4n) is 2.67. The lowest BCUT2D eigenvalue weighted by Crippen LogP contribution is -2.43. The molecule has 0 aliphatic heterocycles. The zero-order valence-electron chi connectivity index (χ0n) is 13.8. The lowest BCUT2D eigenvalue weighted by atomic mass is 10.0. The number of nitrogens with zero attached hydrogens (tertiary/aromatic N) is 1. The largest absolute Gasteiger partial charge is 0.467 e. The Morgan fingerprint density at radius 1 is 1.04 bits per heavy atom. The number of methoxy groups -OCH3 is 1. The van der Waals surface area contributed by atoms with Crippen molar-refractivity contribution >= 4 is 22.6 Å². The first-order valence-corrected chi connectivity index (χ1v) is 7.95. The third-order valence-corrected chi connectivity index (χ3v) is 3.94. The van der Waals surface area contributed by atoms with Crippen molar-refractivity contribution in [3.05, 3.63) is 78.1 Å². The van der Waals surface area contributed by atoms with Crippen LogP contribution in [-0.2, 0) is 16.0 Å². The van der Waals surface area contributed by atoms with Gasteiger partial charge in [-0.2, -0.15) is 0 Å². The Kier molecular flexibility index (Phi) is 5.04. The molecule has 5 heteroatoms. The molecule has 3 aromatic rings. The van der Waals surface area contributed by atoms with Crippen LogP contribution in [0.3, 0.4) is 0 Å². The van der Waals surface area contributed by atoms with Crippen LogP contribution >= 0.6 is 0 Å². The number of rotatable bonds is 5. The predicted octanol–water partition coefficient (Wildman–Crippen LogP) is 2.75. The predicted molar refractivity (Wildman–Crippen MR) is 95.2 cm³/mol. The molecule has 0 saturated carbocycles. The number of ether oxygens (including phenoxy) is 1. The van der Waals surface area contributed by atoms with Gasteiger partial charge in [0.15, 0.2) is 0 Å². The number of aromatic nitrogens is 1. The van der Waals surface area contributed by atoms with Crippen molar-refractivity contribution in [2.75, 3.05) is 7.11 Å². The summed E-state index contributed by atoms with van der Waals surface area (Å²) in [5, 5.41) is 4.91. The molecule has 1 amide bonds. The van der Waals surface area contributed by atoms with E-state index in [1.165, 1.54) is 13.3 Å². The Morgan fingerprint density at radius 2 is 1.80 bits per heavy atom. The summed E-state index contributed by atoms with van der Waals surface area (Å²) in [5.41, 5.74) is 1.20. The van der Waals surface area contributed by atoms with E-state index in [1.807, 2.05) is 42.5 Å². The number of nitrogens with one attached hydrogen (secondary N) is 1. The van der Waals surface area contributed by atoms with E-state index in [2.05, 4.69) is 10.3 Å². The molecule has 25 heavy (non-hydrogen) atoms. The van der Waals surface area contributed by atoms with E-state index in [9.17, 15) is 9.59 Å². The number of fused-ring (bicyclic) bond motifs is 1. The van der Waals surface area contributed by atoms with Crippen molar-refractivity contribution in [2.24, 2.45) is 0 Å². The number of hydrogen-bond acceptors (Lipinski definition) is 4. The first-order valence-electron chi connectivity index (χ1n) is 7.95. The summed E-state index contributed by atoms with van der Waals surface area (Å²) in [7, 11) is 1.31. The summed E-state index contributed by atoms with van der Waals surface area (Å²) in [5.74, 6) is -0.894. The number of benzene rings is 2. The molecule has 1 aromatic heterocycles. The third-order valence-electron chi connectivity index (χ3n) is 3.94. The molecule has 1 atom stereocenters. The van der Waals surface area contributed by atoms with Crippen LogP contribution in [0.15, 0.2) is 66.9 Å². The monoisotopic (exact) mass is 334 g/mol. The summed E-state index contributed by atoms with van der Waals surface area (Å²) >= 11 is 0. The van der Waals surface area contributed by atoms with E-state index in [1.54, 1.807) is 18.2 Å². The van der Waals surface area contributed by atoms with Crippen LogP contribution in [0.25, 0.3) is 10.8 Å². The topological polar surface area (TPSA) is 68.3 Å². The Balaban J connectivity index is 1.80. The zero-order chi connectivity index (χ0) is 17.6. The van der Waals surface area contributed by atoms with E-state index in [4.69, 9.17) is 4.74 Å².